The summed E-state index contributed by atoms with van der Waals surface area (Å²) >= 11 is 6.02. The lowest BCUT2D eigenvalue weighted by molar-refractivity contribution is 0.354. The lowest BCUT2D eigenvalue weighted by Gasteiger charge is -2.14. The van der Waals surface area contributed by atoms with Crippen molar-refractivity contribution in [2.45, 2.75) is 4.90 Å². The smallest absolute Gasteiger partial charge is 0.262 e. The third kappa shape index (κ3) is 3.58. The third-order valence-corrected chi connectivity index (χ3v) is 5.13. The molecule has 3 aromatic rings. The Hall–Kier alpha value is -2.78. The molecule has 0 aliphatic heterocycles. The van der Waals surface area contributed by atoms with Crippen molar-refractivity contribution in [3.63, 3.8) is 0 Å². The van der Waals surface area contributed by atoms with Crippen LogP contribution in [0.15, 0.2) is 53.9 Å². The van der Waals surface area contributed by atoms with Gasteiger partial charge >= 0.3 is 0 Å². The molecule has 3 rings (SSSR count). The van der Waals surface area contributed by atoms with Crippen molar-refractivity contribution in [3.05, 3.63) is 54.1 Å². The van der Waals surface area contributed by atoms with E-state index in [9.17, 15) is 8.42 Å². The van der Waals surface area contributed by atoms with Crippen molar-refractivity contribution in [1.29, 1.82) is 0 Å². The predicted octanol–water partition coefficient (Wildman–Crippen LogP) is 2.74. The number of nitrogens with one attached hydrogen (secondary N) is 1. The minimum Gasteiger partial charge on any atom is -0.493 e. The van der Waals surface area contributed by atoms with Crippen LogP contribution in [0.1, 0.15) is 0 Å². The monoisotopic (exact) mass is 394 g/mol. The molecule has 1 heterocycles. The molecule has 0 fully saturated rings. The number of nitrogens with zero attached hydrogens (tertiary/aromatic N) is 3. The number of halogens is 1. The Morgan fingerprint density at radius 1 is 1.08 bits per heavy atom. The first-order valence-corrected chi connectivity index (χ1v) is 9.20. The Bertz CT molecular complexity index is 1020. The third-order valence-electron chi connectivity index (χ3n) is 3.53. The molecule has 10 heteroatoms. The molecule has 0 aliphatic rings. The molecule has 0 saturated carbocycles. The van der Waals surface area contributed by atoms with Gasteiger partial charge < -0.3 is 9.47 Å². The molecule has 8 nitrogen and oxygen atoms in total. The number of ether oxygens (including phenoxy) is 2. The van der Waals surface area contributed by atoms with Crippen LogP contribution in [0.25, 0.3) is 5.69 Å². The quantitative estimate of drug-likeness (QED) is 0.690. The van der Waals surface area contributed by atoms with E-state index in [0.29, 0.717) is 22.2 Å². The second kappa shape index (κ2) is 7.22. The summed E-state index contributed by atoms with van der Waals surface area (Å²) in [6.45, 7) is 0. The number of sulfonamides is 1. The van der Waals surface area contributed by atoms with E-state index in [1.54, 1.807) is 12.1 Å². The Kier molecular flexibility index (Phi) is 5.01. The van der Waals surface area contributed by atoms with E-state index in [4.69, 9.17) is 21.1 Å². The van der Waals surface area contributed by atoms with Crippen LogP contribution in [0.5, 0.6) is 11.5 Å². The molecule has 1 N–H and O–H groups in total. The molecule has 0 spiro atoms. The number of aromatic nitrogens is 3. The van der Waals surface area contributed by atoms with E-state index in [2.05, 4.69) is 14.8 Å². The van der Waals surface area contributed by atoms with Gasteiger partial charge in [-0.05, 0) is 30.3 Å². The summed E-state index contributed by atoms with van der Waals surface area (Å²) in [5, 5.41) is 4.39. The molecule has 1 aromatic heterocycles. The number of benzene rings is 2. The van der Waals surface area contributed by atoms with Crippen molar-refractivity contribution in [1.82, 2.24) is 14.8 Å². The highest BCUT2D eigenvalue weighted by Gasteiger charge is 2.19. The van der Waals surface area contributed by atoms with Crippen LogP contribution in [-0.4, -0.2) is 37.4 Å². The summed E-state index contributed by atoms with van der Waals surface area (Å²) in [5.74, 6) is 0.732. The number of methoxy groups -OCH3 is 2. The van der Waals surface area contributed by atoms with Crippen LogP contribution in [0.3, 0.4) is 0 Å². The number of hydrogen-bond acceptors (Lipinski definition) is 6. The highest BCUT2D eigenvalue weighted by molar-refractivity contribution is 7.92. The van der Waals surface area contributed by atoms with Gasteiger partial charge in [0, 0.05) is 11.1 Å². The zero-order chi connectivity index (χ0) is 18.7. The zero-order valence-corrected chi connectivity index (χ0v) is 15.5. The molecule has 136 valence electrons. The van der Waals surface area contributed by atoms with Gasteiger partial charge in [0.1, 0.15) is 12.7 Å². The van der Waals surface area contributed by atoms with Crippen LogP contribution < -0.4 is 14.2 Å². The Balaban J connectivity index is 2.02. The van der Waals surface area contributed by atoms with E-state index in [1.165, 1.54) is 55.8 Å². The standard InChI is InChI=1S/C16H15ClN4O4S/c1-24-15-6-4-12(8-16(15)25-2)26(22,23)20-13-7-11(17)3-5-14(13)21-10-18-9-19-21/h3-10,20H,1-2H3. The van der Waals surface area contributed by atoms with E-state index in [-0.39, 0.29) is 10.6 Å². The summed E-state index contributed by atoms with van der Waals surface area (Å²) in [5.41, 5.74) is 0.744. The maximum atomic E-state index is 12.8. The fourth-order valence-electron chi connectivity index (χ4n) is 2.31. The Morgan fingerprint density at radius 2 is 1.85 bits per heavy atom. The SMILES string of the molecule is COc1ccc(S(=O)(=O)Nc2cc(Cl)ccc2-n2cncn2)cc1OC. The first-order valence-electron chi connectivity index (χ1n) is 7.34. The molecule has 0 saturated heterocycles. The van der Waals surface area contributed by atoms with Gasteiger partial charge in [0.15, 0.2) is 11.5 Å². The number of rotatable bonds is 6. The van der Waals surface area contributed by atoms with Crippen molar-refractivity contribution in [2.75, 3.05) is 18.9 Å². The number of hydrogen-bond donors (Lipinski definition) is 1. The Morgan fingerprint density at radius 3 is 2.50 bits per heavy atom. The molecule has 0 aliphatic carbocycles. The van der Waals surface area contributed by atoms with Crippen molar-refractivity contribution >= 4 is 27.3 Å². The molecule has 2 aromatic carbocycles. The first-order chi connectivity index (χ1) is 12.4. The molecule has 0 bridgehead atoms. The van der Waals surface area contributed by atoms with Crippen molar-refractivity contribution < 1.29 is 17.9 Å². The molecule has 0 radical (unpaired) electrons. The normalized spacial score (nSPS) is 11.2. The van der Waals surface area contributed by atoms with Gasteiger partial charge in [-0.2, -0.15) is 5.10 Å². The maximum absolute atomic E-state index is 12.8. The second-order valence-electron chi connectivity index (χ2n) is 5.12. The maximum Gasteiger partial charge on any atom is 0.262 e. The lowest BCUT2D eigenvalue weighted by atomic mass is 10.3. The van der Waals surface area contributed by atoms with Crippen LogP contribution in [0.2, 0.25) is 5.02 Å². The molecular formula is C16H15ClN4O4S. The summed E-state index contributed by atoms with van der Waals surface area (Å²) in [4.78, 5) is 3.88. The van der Waals surface area contributed by atoms with Gasteiger partial charge in [0.2, 0.25) is 0 Å². The largest absolute Gasteiger partial charge is 0.493 e. The van der Waals surface area contributed by atoms with Gasteiger partial charge in [-0.25, -0.2) is 18.1 Å². The highest BCUT2D eigenvalue weighted by atomic mass is 35.5. The summed E-state index contributed by atoms with van der Waals surface area (Å²) in [7, 11) is -1.00. The molecule has 0 amide bonds. The number of anilines is 1. The highest BCUT2D eigenvalue weighted by Crippen LogP contribution is 2.31. The summed E-state index contributed by atoms with van der Waals surface area (Å²) in [6.07, 6.45) is 2.80. The van der Waals surface area contributed by atoms with E-state index >= 15 is 0 Å². The Labute approximate surface area is 155 Å². The fourth-order valence-corrected chi connectivity index (χ4v) is 3.56. The van der Waals surface area contributed by atoms with E-state index in [1.807, 2.05) is 0 Å². The van der Waals surface area contributed by atoms with E-state index in [0.717, 1.165) is 0 Å². The molecule has 0 unspecified atom stereocenters. The van der Waals surface area contributed by atoms with Crippen LogP contribution in [0.4, 0.5) is 5.69 Å². The van der Waals surface area contributed by atoms with Crippen LogP contribution in [-0.2, 0) is 10.0 Å². The molecule has 26 heavy (non-hydrogen) atoms. The topological polar surface area (TPSA) is 95.3 Å². The minimum atomic E-state index is -3.91. The van der Waals surface area contributed by atoms with Crippen molar-refractivity contribution in [3.8, 4) is 17.2 Å². The van der Waals surface area contributed by atoms with Crippen molar-refractivity contribution in [2.24, 2.45) is 0 Å². The predicted molar refractivity (Wildman–Crippen MR) is 96.7 cm³/mol. The van der Waals surface area contributed by atoms with Gasteiger partial charge in [-0.15, -0.1) is 0 Å². The van der Waals surface area contributed by atoms with Crippen LogP contribution in [0, 0.1) is 0 Å². The summed E-state index contributed by atoms with van der Waals surface area (Å²) < 4.78 is 39.9. The minimum absolute atomic E-state index is 0.0136. The van der Waals surface area contributed by atoms with Gasteiger partial charge in [0.05, 0.1) is 30.5 Å². The summed E-state index contributed by atoms with van der Waals surface area (Å²) in [6, 6.07) is 9.08. The molecular weight excluding hydrogens is 380 g/mol. The molecule has 0 atom stereocenters. The average molecular weight is 395 g/mol. The van der Waals surface area contributed by atoms with Gasteiger partial charge in [-0.3, -0.25) is 4.72 Å². The average Bonchev–Trinajstić information content (AvgIpc) is 3.15. The lowest BCUT2D eigenvalue weighted by Crippen LogP contribution is -2.15. The van der Waals surface area contributed by atoms with Crippen LogP contribution >= 0.6 is 11.6 Å². The van der Waals surface area contributed by atoms with E-state index < -0.39 is 10.0 Å². The van der Waals surface area contributed by atoms with Gasteiger partial charge in [0.25, 0.3) is 10.0 Å². The zero-order valence-electron chi connectivity index (χ0n) is 13.9. The first kappa shape index (κ1) is 18.0. The second-order valence-corrected chi connectivity index (χ2v) is 7.24. The fraction of sp³-hybridized carbons (Fsp3) is 0.125. The van der Waals surface area contributed by atoms with Gasteiger partial charge in [-0.1, -0.05) is 11.6 Å².